The Balaban J connectivity index is 1.47. The van der Waals surface area contributed by atoms with Gasteiger partial charge >= 0.3 is 0 Å². The van der Waals surface area contributed by atoms with Crippen LogP contribution >= 0.6 is 11.8 Å². The Hall–Kier alpha value is -3.44. The number of rotatable bonds is 5. The van der Waals surface area contributed by atoms with E-state index in [1.807, 2.05) is 54.6 Å². The summed E-state index contributed by atoms with van der Waals surface area (Å²) >= 11 is 1.65. The highest BCUT2D eigenvalue weighted by molar-refractivity contribution is 7.98. The maximum Gasteiger partial charge on any atom is 0.123 e. The van der Waals surface area contributed by atoms with Crippen LogP contribution in [-0.4, -0.2) is 19.9 Å². The van der Waals surface area contributed by atoms with Crippen LogP contribution in [0.2, 0.25) is 0 Å². The number of aromatic amines is 1. The van der Waals surface area contributed by atoms with Crippen LogP contribution < -0.4 is 0 Å². The first kappa shape index (κ1) is 18.6. The Labute approximate surface area is 179 Å². The highest BCUT2D eigenvalue weighted by atomic mass is 32.2. The van der Waals surface area contributed by atoms with E-state index in [9.17, 15) is 0 Å². The van der Waals surface area contributed by atoms with Crippen molar-refractivity contribution in [3.8, 4) is 0 Å². The maximum absolute atomic E-state index is 4.88. The summed E-state index contributed by atoms with van der Waals surface area (Å²) in [6.07, 6.45) is 4.13. The van der Waals surface area contributed by atoms with Gasteiger partial charge in [-0.25, -0.2) is 15.0 Å². The number of benzene rings is 3. The van der Waals surface area contributed by atoms with E-state index >= 15 is 0 Å². The van der Waals surface area contributed by atoms with Crippen molar-refractivity contribution in [3.63, 3.8) is 0 Å². The first-order valence-electron chi connectivity index (χ1n) is 9.82. The van der Waals surface area contributed by atoms with Crippen molar-refractivity contribution < 1.29 is 0 Å². The summed E-state index contributed by atoms with van der Waals surface area (Å²) in [7, 11) is 0. The van der Waals surface area contributed by atoms with Crippen LogP contribution in [0.25, 0.3) is 34.2 Å². The van der Waals surface area contributed by atoms with Crippen LogP contribution in [-0.2, 0) is 5.75 Å². The first-order valence-corrected chi connectivity index (χ1v) is 10.8. The van der Waals surface area contributed by atoms with Crippen LogP contribution in [0.4, 0.5) is 0 Å². The minimum atomic E-state index is 0.701. The molecule has 0 aliphatic rings. The molecule has 2 aromatic heterocycles. The van der Waals surface area contributed by atoms with Gasteiger partial charge in [0, 0.05) is 0 Å². The van der Waals surface area contributed by atoms with E-state index in [0.29, 0.717) is 5.75 Å². The molecule has 146 valence electrons. The molecule has 0 saturated heterocycles. The number of hydrogen-bond acceptors (Lipinski definition) is 4. The molecule has 5 heteroatoms. The molecule has 2 heterocycles. The zero-order valence-electron chi connectivity index (χ0n) is 16.5. The average Bonchev–Trinajstić information content (AvgIpc) is 3.20. The molecule has 5 rings (SSSR count). The molecule has 3 aromatic carbocycles. The van der Waals surface area contributed by atoms with Crippen molar-refractivity contribution in [2.75, 3.05) is 0 Å². The molecular weight excluding hydrogens is 388 g/mol. The molecule has 5 aromatic rings. The van der Waals surface area contributed by atoms with Gasteiger partial charge in [-0.3, -0.25) is 0 Å². The SMILES string of the molecule is Cc1ccc(/C=C/c2nc3ccccc3nc2SCc2nc3ccccc3[nH]2)cc1. The number of hydrogen-bond donors (Lipinski definition) is 1. The minimum Gasteiger partial charge on any atom is -0.341 e. The van der Waals surface area contributed by atoms with Gasteiger partial charge in [0.2, 0.25) is 0 Å². The van der Waals surface area contributed by atoms with Crippen LogP contribution in [0.15, 0.2) is 77.8 Å². The average molecular weight is 409 g/mol. The van der Waals surface area contributed by atoms with E-state index in [2.05, 4.69) is 47.2 Å². The van der Waals surface area contributed by atoms with Crippen LogP contribution in [0, 0.1) is 6.92 Å². The second kappa shape index (κ2) is 8.13. The molecule has 1 N–H and O–H groups in total. The lowest BCUT2D eigenvalue weighted by molar-refractivity contribution is 1.08. The van der Waals surface area contributed by atoms with Gasteiger partial charge in [-0.05, 0) is 42.8 Å². The number of H-pyrrole nitrogens is 1. The van der Waals surface area contributed by atoms with Gasteiger partial charge in [0.15, 0.2) is 0 Å². The predicted octanol–water partition coefficient (Wildman–Crippen LogP) is 6.28. The van der Waals surface area contributed by atoms with E-state index < -0.39 is 0 Å². The largest absolute Gasteiger partial charge is 0.341 e. The third-order valence-corrected chi connectivity index (χ3v) is 5.85. The van der Waals surface area contributed by atoms with Gasteiger partial charge in [-0.2, -0.15) is 0 Å². The number of imidazole rings is 1. The lowest BCUT2D eigenvalue weighted by Crippen LogP contribution is -1.94. The lowest BCUT2D eigenvalue weighted by atomic mass is 10.1. The number of nitrogens with zero attached hydrogens (tertiary/aromatic N) is 3. The fourth-order valence-corrected chi connectivity index (χ4v) is 4.11. The molecule has 0 amide bonds. The monoisotopic (exact) mass is 408 g/mol. The number of fused-ring (bicyclic) bond motifs is 2. The Kier molecular flexibility index (Phi) is 5.03. The van der Waals surface area contributed by atoms with E-state index in [1.54, 1.807) is 11.8 Å². The summed E-state index contributed by atoms with van der Waals surface area (Å²) < 4.78 is 0. The van der Waals surface area contributed by atoms with Crippen molar-refractivity contribution in [1.82, 2.24) is 19.9 Å². The first-order chi connectivity index (χ1) is 14.7. The van der Waals surface area contributed by atoms with Gasteiger partial charge in [0.05, 0.1) is 33.5 Å². The zero-order valence-corrected chi connectivity index (χ0v) is 17.4. The van der Waals surface area contributed by atoms with Crippen LogP contribution in [0.1, 0.15) is 22.6 Å². The molecular formula is C25H20N4S. The fourth-order valence-electron chi connectivity index (χ4n) is 3.28. The summed E-state index contributed by atoms with van der Waals surface area (Å²) in [5.41, 5.74) is 7.10. The van der Waals surface area contributed by atoms with Gasteiger partial charge in [0.1, 0.15) is 10.9 Å². The molecule has 0 aliphatic carbocycles. The molecule has 0 saturated carbocycles. The van der Waals surface area contributed by atoms with Crippen molar-refractivity contribution in [2.24, 2.45) is 0 Å². The summed E-state index contributed by atoms with van der Waals surface area (Å²) in [5.74, 6) is 1.64. The van der Waals surface area contributed by atoms with E-state index in [4.69, 9.17) is 9.97 Å². The third kappa shape index (κ3) is 3.98. The van der Waals surface area contributed by atoms with Gasteiger partial charge < -0.3 is 4.98 Å². The van der Waals surface area contributed by atoms with Crippen molar-refractivity contribution in [3.05, 3.63) is 95.4 Å². The smallest absolute Gasteiger partial charge is 0.123 e. The second-order valence-electron chi connectivity index (χ2n) is 7.14. The summed E-state index contributed by atoms with van der Waals surface area (Å²) in [6.45, 7) is 2.09. The van der Waals surface area contributed by atoms with E-state index in [0.717, 1.165) is 44.2 Å². The highest BCUT2D eigenvalue weighted by Crippen LogP contribution is 2.27. The third-order valence-electron chi connectivity index (χ3n) is 4.86. The van der Waals surface area contributed by atoms with Crippen molar-refractivity contribution in [1.29, 1.82) is 0 Å². The molecule has 0 aliphatic heterocycles. The molecule has 0 fully saturated rings. The quantitative estimate of drug-likeness (QED) is 0.348. The number of thioether (sulfide) groups is 1. The summed E-state index contributed by atoms with van der Waals surface area (Å²) in [4.78, 5) is 17.8. The van der Waals surface area contributed by atoms with E-state index in [-0.39, 0.29) is 0 Å². The normalized spacial score (nSPS) is 11.6. The topological polar surface area (TPSA) is 54.5 Å². The molecule has 0 spiro atoms. The molecule has 0 unspecified atom stereocenters. The molecule has 0 bridgehead atoms. The lowest BCUT2D eigenvalue weighted by Gasteiger charge is -2.06. The molecule has 0 radical (unpaired) electrons. The van der Waals surface area contributed by atoms with Crippen molar-refractivity contribution >= 4 is 46.0 Å². The number of nitrogens with one attached hydrogen (secondary N) is 1. The van der Waals surface area contributed by atoms with Crippen molar-refractivity contribution in [2.45, 2.75) is 17.7 Å². The molecule has 4 nitrogen and oxygen atoms in total. The number of para-hydroxylation sites is 4. The van der Waals surface area contributed by atoms with Crippen LogP contribution in [0.5, 0.6) is 0 Å². The Bertz CT molecular complexity index is 1320. The highest BCUT2D eigenvalue weighted by Gasteiger charge is 2.10. The predicted molar refractivity (Wildman–Crippen MR) is 125 cm³/mol. The number of aryl methyl sites for hydroxylation is 1. The Morgan fingerprint density at radius 2 is 1.47 bits per heavy atom. The minimum absolute atomic E-state index is 0.701. The Morgan fingerprint density at radius 3 is 2.23 bits per heavy atom. The number of aromatic nitrogens is 4. The summed E-state index contributed by atoms with van der Waals surface area (Å²) in [6, 6.07) is 24.5. The van der Waals surface area contributed by atoms with Crippen LogP contribution in [0.3, 0.4) is 0 Å². The van der Waals surface area contributed by atoms with Gasteiger partial charge in [-0.15, -0.1) is 0 Å². The Morgan fingerprint density at radius 1 is 0.767 bits per heavy atom. The molecule has 30 heavy (non-hydrogen) atoms. The summed E-state index contributed by atoms with van der Waals surface area (Å²) in [5, 5.41) is 0.900. The maximum atomic E-state index is 4.88. The van der Waals surface area contributed by atoms with E-state index in [1.165, 1.54) is 5.56 Å². The molecule has 0 atom stereocenters. The zero-order chi connectivity index (χ0) is 20.3. The fraction of sp³-hybridized carbons (Fsp3) is 0.0800. The standard InChI is InChI=1S/C25H20N4S/c1-17-10-12-18(13-11-17)14-15-23-25(29-22-9-5-2-6-19(22)26-23)30-16-24-27-20-7-3-4-8-21(20)28-24/h2-15H,16H2,1H3,(H,27,28)/b15-14+. The van der Waals surface area contributed by atoms with Gasteiger partial charge in [-0.1, -0.05) is 71.9 Å². The second-order valence-corrected chi connectivity index (χ2v) is 8.10. The van der Waals surface area contributed by atoms with Gasteiger partial charge in [0.25, 0.3) is 0 Å².